The van der Waals surface area contributed by atoms with E-state index in [1.54, 1.807) is 13.1 Å². The van der Waals surface area contributed by atoms with Crippen molar-refractivity contribution in [3.05, 3.63) is 28.2 Å². The molecule has 1 aromatic heterocycles. The number of hydrogen-bond acceptors (Lipinski definition) is 3. The zero-order valence-corrected chi connectivity index (χ0v) is 7.65. The van der Waals surface area contributed by atoms with Gasteiger partial charge in [0.15, 0.2) is 0 Å². The second-order valence-electron chi connectivity index (χ2n) is 3.22. The summed E-state index contributed by atoms with van der Waals surface area (Å²) in [4.78, 5) is 24.0. The second-order valence-corrected chi connectivity index (χ2v) is 3.22. The van der Waals surface area contributed by atoms with Crippen LogP contribution in [0.3, 0.4) is 0 Å². The van der Waals surface area contributed by atoms with Crippen LogP contribution in [0.15, 0.2) is 17.1 Å². The van der Waals surface area contributed by atoms with Crippen LogP contribution in [0.2, 0.25) is 0 Å². The third-order valence-electron chi connectivity index (χ3n) is 2.23. The number of nitrogens with zero attached hydrogens (tertiary/aromatic N) is 2. The molecule has 2 amide bonds. The fourth-order valence-electron chi connectivity index (χ4n) is 1.47. The average Bonchev–Trinajstić information content (AvgIpc) is 2.48. The first-order valence-corrected chi connectivity index (χ1v) is 4.23. The Labute approximate surface area is 79.9 Å². The topological polar surface area (TPSA) is 78.1 Å². The van der Waals surface area contributed by atoms with Crippen LogP contribution in [0.5, 0.6) is 0 Å². The summed E-state index contributed by atoms with van der Waals surface area (Å²) in [5, 5.41) is 8.62. The maximum atomic E-state index is 11.3. The van der Waals surface area contributed by atoms with E-state index < -0.39 is 0 Å². The Morgan fingerprint density at radius 1 is 1.57 bits per heavy atom. The van der Waals surface area contributed by atoms with Crippen LogP contribution in [-0.2, 0) is 0 Å². The Balaban J connectivity index is 2.30. The molecule has 0 bridgehead atoms. The van der Waals surface area contributed by atoms with E-state index in [-0.39, 0.29) is 17.6 Å². The van der Waals surface area contributed by atoms with Crippen LogP contribution < -0.4 is 10.9 Å². The number of rotatable bonds is 1. The van der Waals surface area contributed by atoms with Gasteiger partial charge < -0.3 is 10.2 Å². The SMILES string of the molecule is CN1CC(c2ccn[nH]c2=O)NC1=O. The molecule has 0 saturated carbocycles. The van der Waals surface area contributed by atoms with Gasteiger partial charge in [-0.15, -0.1) is 0 Å². The fourth-order valence-corrected chi connectivity index (χ4v) is 1.47. The van der Waals surface area contributed by atoms with Crippen LogP contribution in [0.4, 0.5) is 4.79 Å². The van der Waals surface area contributed by atoms with E-state index in [9.17, 15) is 9.59 Å². The molecule has 6 nitrogen and oxygen atoms in total. The number of carbonyl (C=O) groups is 1. The predicted octanol–water partition coefficient (Wildman–Crippen LogP) is -0.534. The number of nitrogens with one attached hydrogen (secondary N) is 2. The van der Waals surface area contributed by atoms with Gasteiger partial charge in [0.25, 0.3) is 5.56 Å². The molecule has 2 N–H and O–H groups in total. The molecule has 0 radical (unpaired) electrons. The number of carbonyl (C=O) groups excluding carboxylic acids is 1. The van der Waals surface area contributed by atoms with Gasteiger partial charge in [-0.05, 0) is 6.07 Å². The number of aromatic amines is 1. The fraction of sp³-hybridized carbons (Fsp3) is 0.375. The summed E-state index contributed by atoms with van der Waals surface area (Å²) in [6, 6.07) is 1.22. The van der Waals surface area contributed by atoms with Gasteiger partial charge in [-0.3, -0.25) is 4.79 Å². The number of amides is 2. The molecule has 2 rings (SSSR count). The van der Waals surface area contributed by atoms with E-state index >= 15 is 0 Å². The highest BCUT2D eigenvalue weighted by Gasteiger charge is 2.28. The molecule has 1 aromatic rings. The minimum Gasteiger partial charge on any atom is -0.329 e. The summed E-state index contributed by atoms with van der Waals surface area (Å²) in [6.07, 6.45) is 1.50. The van der Waals surface area contributed by atoms with Gasteiger partial charge in [0.05, 0.1) is 6.04 Å². The lowest BCUT2D eigenvalue weighted by Crippen LogP contribution is -2.26. The van der Waals surface area contributed by atoms with Gasteiger partial charge in [-0.25, -0.2) is 9.89 Å². The van der Waals surface area contributed by atoms with Crippen molar-refractivity contribution < 1.29 is 4.79 Å². The van der Waals surface area contributed by atoms with Crippen LogP contribution in [0.25, 0.3) is 0 Å². The largest absolute Gasteiger partial charge is 0.329 e. The Morgan fingerprint density at radius 2 is 2.36 bits per heavy atom. The summed E-state index contributed by atoms with van der Waals surface area (Å²) in [7, 11) is 1.69. The first kappa shape index (κ1) is 8.74. The average molecular weight is 194 g/mol. The van der Waals surface area contributed by atoms with Crippen molar-refractivity contribution in [2.75, 3.05) is 13.6 Å². The van der Waals surface area contributed by atoms with Crippen molar-refractivity contribution in [1.29, 1.82) is 0 Å². The molecule has 2 heterocycles. The Kier molecular flexibility index (Phi) is 1.95. The molecule has 14 heavy (non-hydrogen) atoms. The van der Waals surface area contributed by atoms with E-state index in [2.05, 4.69) is 15.5 Å². The zero-order valence-electron chi connectivity index (χ0n) is 7.65. The summed E-state index contributed by atoms with van der Waals surface area (Å²) < 4.78 is 0. The highest BCUT2D eigenvalue weighted by Crippen LogP contribution is 2.14. The zero-order chi connectivity index (χ0) is 10.1. The summed E-state index contributed by atoms with van der Waals surface area (Å²) in [5.74, 6) is 0. The second kappa shape index (κ2) is 3.13. The first-order chi connectivity index (χ1) is 6.68. The van der Waals surface area contributed by atoms with Gasteiger partial charge in [0.2, 0.25) is 0 Å². The lowest BCUT2D eigenvalue weighted by atomic mass is 10.1. The van der Waals surface area contributed by atoms with Crippen LogP contribution in [0, 0.1) is 0 Å². The molecule has 0 aliphatic carbocycles. The summed E-state index contributed by atoms with van der Waals surface area (Å²) in [5.41, 5.74) is 0.283. The Bertz CT molecular complexity index is 414. The van der Waals surface area contributed by atoms with Crippen LogP contribution in [0.1, 0.15) is 11.6 Å². The van der Waals surface area contributed by atoms with E-state index in [0.717, 1.165) is 0 Å². The summed E-state index contributed by atoms with van der Waals surface area (Å²) >= 11 is 0. The molecule has 0 aromatic carbocycles. The predicted molar refractivity (Wildman–Crippen MR) is 48.8 cm³/mol. The minimum atomic E-state index is -0.256. The van der Waals surface area contributed by atoms with Gasteiger partial charge in [0.1, 0.15) is 0 Å². The molecule has 0 spiro atoms. The first-order valence-electron chi connectivity index (χ1n) is 4.23. The highest BCUT2D eigenvalue weighted by molar-refractivity contribution is 5.76. The number of urea groups is 1. The molecule has 1 atom stereocenters. The van der Waals surface area contributed by atoms with Crippen LogP contribution >= 0.6 is 0 Å². The van der Waals surface area contributed by atoms with Gasteiger partial charge in [0, 0.05) is 25.4 Å². The van der Waals surface area contributed by atoms with Crippen molar-refractivity contribution in [2.24, 2.45) is 0 Å². The minimum absolute atomic E-state index is 0.161. The molecule has 6 heteroatoms. The molecule has 1 saturated heterocycles. The highest BCUT2D eigenvalue weighted by atomic mass is 16.2. The van der Waals surface area contributed by atoms with Gasteiger partial charge >= 0.3 is 6.03 Å². The van der Waals surface area contributed by atoms with Crippen molar-refractivity contribution >= 4 is 6.03 Å². The standard InChI is InChI=1S/C8H10N4O2/c1-12-4-6(10-8(12)14)5-2-3-9-11-7(5)13/h2-3,6H,4H2,1H3,(H,10,14)(H,11,13). The smallest absolute Gasteiger partial charge is 0.317 e. The molecule has 1 unspecified atom stereocenters. The molecular weight excluding hydrogens is 184 g/mol. The van der Waals surface area contributed by atoms with Gasteiger partial charge in [-0.1, -0.05) is 0 Å². The quantitative estimate of drug-likeness (QED) is 0.630. The van der Waals surface area contributed by atoms with E-state index in [1.807, 2.05) is 0 Å². The molecule has 1 fully saturated rings. The van der Waals surface area contributed by atoms with E-state index in [4.69, 9.17) is 0 Å². The molecule has 74 valence electrons. The lowest BCUT2D eigenvalue weighted by Gasteiger charge is -2.07. The van der Waals surface area contributed by atoms with Crippen LogP contribution in [-0.4, -0.2) is 34.7 Å². The number of hydrogen-bond donors (Lipinski definition) is 2. The third kappa shape index (κ3) is 1.34. The Hall–Kier alpha value is -1.85. The number of H-pyrrole nitrogens is 1. The molecular formula is C8H10N4O2. The number of likely N-dealkylation sites (N-methyl/N-ethyl adjacent to an activating group) is 1. The molecule has 1 aliphatic heterocycles. The van der Waals surface area contributed by atoms with Crippen molar-refractivity contribution in [3.8, 4) is 0 Å². The third-order valence-corrected chi connectivity index (χ3v) is 2.23. The maximum Gasteiger partial charge on any atom is 0.317 e. The monoisotopic (exact) mass is 194 g/mol. The maximum absolute atomic E-state index is 11.3. The Morgan fingerprint density at radius 3 is 2.93 bits per heavy atom. The van der Waals surface area contributed by atoms with E-state index in [1.165, 1.54) is 11.1 Å². The normalized spacial score (nSPS) is 21.1. The van der Waals surface area contributed by atoms with Crippen molar-refractivity contribution in [3.63, 3.8) is 0 Å². The van der Waals surface area contributed by atoms with E-state index in [0.29, 0.717) is 12.1 Å². The lowest BCUT2D eigenvalue weighted by molar-refractivity contribution is 0.226. The summed E-state index contributed by atoms with van der Waals surface area (Å²) in [6.45, 7) is 0.506. The van der Waals surface area contributed by atoms with Crippen molar-refractivity contribution in [1.82, 2.24) is 20.4 Å². The molecule has 1 aliphatic rings. The van der Waals surface area contributed by atoms with Gasteiger partial charge in [-0.2, -0.15) is 5.10 Å². The number of aromatic nitrogens is 2. The van der Waals surface area contributed by atoms with Crippen molar-refractivity contribution in [2.45, 2.75) is 6.04 Å².